The van der Waals surface area contributed by atoms with Gasteiger partial charge in [0.25, 0.3) is 0 Å². The van der Waals surface area contributed by atoms with Crippen LogP contribution in [0.25, 0.3) is 0 Å². The maximum atomic E-state index is 12.3. The van der Waals surface area contributed by atoms with E-state index < -0.39 is 0 Å². The molecular weight excluding hydrogens is 260 g/mol. The number of hydrogen-bond acceptors (Lipinski definition) is 2. The van der Waals surface area contributed by atoms with Crippen molar-refractivity contribution < 1.29 is 4.79 Å². The summed E-state index contributed by atoms with van der Waals surface area (Å²) in [5, 5.41) is 3.94. The van der Waals surface area contributed by atoms with E-state index in [0.717, 1.165) is 30.8 Å². The lowest BCUT2D eigenvalue weighted by atomic mass is 9.73. The topological polar surface area (TPSA) is 32.3 Å². The van der Waals surface area contributed by atoms with Crippen molar-refractivity contribution in [2.75, 3.05) is 13.6 Å². The van der Waals surface area contributed by atoms with E-state index in [9.17, 15) is 4.79 Å². The molecule has 1 atom stereocenters. The summed E-state index contributed by atoms with van der Waals surface area (Å²) in [6.07, 6.45) is 4.04. The van der Waals surface area contributed by atoms with Crippen molar-refractivity contribution in [3.05, 3.63) is 34.9 Å². The fourth-order valence-corrected chi connectivity index (χ4v) is 3.31. The molecule has 1 saturated carbocycles. The number of hydrogen-bond donors (Lipinski definition) is 1. The molecule has 2 fully saturated rings. The third-order valence-electron chi connectivity index (χ3n) is 4.56. The minimum atomic E-state index is -0.198. The Morgan fingerprint density at radius 1 is 1.37 bits per heavy atom. The number of halogens is 1. The van der Waals surface area contributed by atoms with Gasteiger partial charge in [-0.2, -0.15) is 0 Å². The van der Waals surface area contributed by atoms with E-state index in [1.54, 1.807) is 0 Å². The third kappa shape index (κ3) is 2.26. The van der Waals surface area contributed by atoms with Crippen molar-refractivity contribution in [2.45, 2.75) is 37.3 Å². The van der Waals surface area contributed by atoms with Crippen LogP contribution in [0.4, 0.5) is 0 Å². The smallest absolute Gasteiger partial charge is 0.240 e. The summed E-state index contributed by atoms with van der Waals surface area (Å²) in [5.41, 5.74) is 1.02. The first-order chi connectivity index (χ1) is 9.10. The van der Waals surface area contributed by atoms with Crippen LogP contribution in [0, 0.1) is 0 Å². The van der Waals surface area contributed by atoms with Crippen LogP contribution < -0.4 is 5.32 Å². The van der Waals surface area contributed by atoms with Crippen LogP contribution in [0.1, 0.15) is 24.8 Å². The zero-order valence-electron chi connectivity index (χ0n) is 11.2. The maximum absolute atomic E-state index is 12.3. The van der Waals surface area contributed by atoms with Crippen molar-refractivity contribution >= 4 is 17.5 Å². The lowest BCUT2D eigenvalue weighted by molar-refractivity contribution is -0.144. The summed E-state index contributed by atoms with van der Waals surface area (Å²) < 4.78 is 0. The second-order valence-electron chi connectivity index (χ2n) is 5.77. The van der Waals surface area contributed by atoms with Crippen molar-refractivity contribution in [2.24, 2.45) is 0 Å². The van der Waals surface area contributed by atoms with Gasteiger partial charge in [-0.1, -0.05) is 23.7 Å². The minimum Gasteiger partial charge on any atom is -0.350 e. The quantitative estimate of drug-likeness (QED) is 0.900. The van der Waals surface area contributed by atoms with Gasteiger partial charge in [0.15, 0.2) is 0 Å². The Morgan fingerprint density at radius 2 is 2.05 bits per heavy atom. The molecule has 1 aliphatic heterocycles. The molecule has 1 aromatic carbocycles. The summed E-state index contributed by atoms with van der Waals surface area (Å²) in [4.78, 5) is 14.5. The first kappa shape index (κ1) is 12.9. The Labute approximate surface area is 118 Å². The van der Waals surface area contributed by atoms with Gasteiger partial charge in [0.05, 0.1) is 0 Å². The number of likely N-dealkylation sites (N-methyl/N-ethyl adjacent to an activating group) is 1. The molecule has 1 aromatic rings. The largest absolute Gasteiger partial charge is 0.350 e. The van der Waals surface area contributed by atoms with Gasteiger partial charge in [-0.3, -0.25) is 9.69 Å². The Balaban J connectivity index is 1.67. The van der Waals surface area contributed by atoms with Crippen LogP contribution in [-0.2, 0) is 11.2 Å². The number of piperazine rings is 1. The third-order valence-corrected chi connectivity index (χ3v) is 4.81. The van der Waals surface area contributed by atoms with E-state index >= 15 is 0 Å². The highest BCUT2D eigenvalue weighted by atomic mass is 35.5. The summed E-state index contributed by atoms with van der Waals surface area (Å²) in [7, 11) is 2.08. The number of amides is 1. The molecular formula is C15H19ClN2O. The molecule has 1 N–H and O–H groups in total. The van der Waals surface area contributed by atoms with Crippen LogP contribution in [-0.4, -0.2) is 36.0 Å². The average Bonchev–Trinajstić information content (AvgIpc) is 2.29. The van der Waals surface area contributed by atoms with Crippen molar-refractivity contribution in [1.82, 2.24) is 10.2 Å². The van der Waals surface area contributed by atoms with Crippen molar-refractivity contribution in [3.63, 3.8) is 0 Å². The fraction of sp³-hybridized carbons (Fsp3) is 0.533. The van der Waals surface area contributed by atoms with E-state index in [4.69, 9.17) is 11.6 Å². The van der Waals surface area contributed by atoms with Crippen LogP contribution in [0.15, 0.2) is 24.3 Å². The van der Waals surface area contributed by atoms with E-state index in [-0.39, 0.29) is 17.5 Å². The first-order valence-corrected chi connectivity index (χ1v) is 7.25. The predicted octanol–water partition coefficient (Wildman–Crippen LogP) is 2.24. The van der Waals surface area contributed by atoms with Gasteiger partial charge in [-0.25, -0.2) is 0 Å². The SMILES string of the molecule is CN1CC(Cc2ccc(Cl)cc2)NC(=O)C12CCC2. The Kier molecular flexibility index (Phi) is 3.27. The highest BCUT2D eigenvalue weighted by Crippen LogP contribution is 2.39. The predicted molar refractivity (Wildman–Crippen MR) is 76.3 cm³/mol. The van der Waals surface area contributed by atoms with Gasteiger partial charge in [-0.15, -0.1) is 0 Å². The molecule has 4 heteroatoms. The lowest BCUT2D eigenvalue weighted by Crippen LogP contribution is -2.69. The van der Waals surface area contributed by atoms with Crippen molar-refractivity contribution in [3.8, 4) is 0 Å². The highest BCUT2D eigenvalue weighted by Gasteiger charge is 2.50. The second kappa shape index (κ2) is 4.80. The molecule has 102 valence electrons. The second-order valence-corrected chi connectivity index (χ2v) is 6.20. The average molecular weight is 279 g/mol. The number of rotatable bonds is 2. The van der Waals surface area contributed by atoms with Crippen LogP contribution in [0.3, 0.4) is 0 Å². The standard InChI is InChI=1S/C15H19ClN2O/c1-18-10-13(9-11-3-5-12(16)6-4-11)17-14(19)15(18)7-2-8-15/h3-6,13H,2,7-10H2,1H3,(H,17,19). The van der Waals surface area contributed by atoms with Crippen molar-refractivity contribution in [1.29, 1.82) is 0 Å². The molecule has 0 bridgehead atoms. The monoisotopic (exact) mass is 278 g/mol. The molecule has 2 aliphatic rings. The van der Waals surface area contributed by atoms with Gasteiger partial charge in [0, 0.05) is 17.6 Å². The fourth-order valence-electron chi connectivity index (χ4n) is 3.19. The Hall–Kier alpha value is -1.06. The molecule has 1 aliphatic carbocycles. The zero-order chi connectivity index (χ0) is 13.5. The van der Waals surface area contributed by atoms with Crippen LogP contribution >= 0.6 is 11.6 Å². The van der Waals surface area contributed by atoms with Crippen LogP contribution in [0.2, 0.25) is 5.02 Å². The van der Waals surface area contributed by atoms with Gasteiger partial charge in [0.1, 0.15) is 5.54 Å². The lowest BCUT2D eigenvalue weighted by Gasteiger charge is -2.52. The maximum Gasteiger partial charge on any atom is 0.240 e. The summed E-state index contributed by atoms with van der Waals surface area (Å²) in [5.74, 6) is 0.214. The molecule has 19 heavy (non-hydrogen) atoms. The molecule has 1 unspecified atom stereocenters. The van der Waals surface area contributed by atoms with E-state index in [0.29, 0.717) is 0 Å². The zero-order valence-corrected chi connectivity index (χ0v) is 11.9. The van der Waals surface area contributed by atoms with Gasteiger partial charge in [0.2, 0.25) is 5.91 Å². The minimum absolute atomic E-state index is 0.198. The number of benzene rings is 1. The van der Waals surface area contributed by atoms with Crippen LogP contribution in [0.5, 0.6) is 0 Å². The Bertz CT molecular complexity index is 481. The first-order valence-electron chi connectivity index (χ1n) is 6.87. The number of carbonyl (C=O) groups is 1. The summed E-state index contributed by atoms with van der Waals surface area (Å²) in [6, 6.07) is 8.06. The molecule has 1 saturated heterocycles. The normalized spacial score (nSPS) is 26.0. The van der Waals surface area contributed by atoms with E-state index in [1.807, 2.05) is 24.3 Å². The number of carbonyl (C=O) groups excluding carboxylic acids is 1. The van der Waals surface area contributed by atoms with Gasteiger partial charge >= 0.3 is 0 Å². The summed E-state index contributed by atoms with van der Waals surface area (Å²) >= 11 is 5.89. The van der Waals surface area contributed by atoms with Gasteiger partial charge < -0.3 is 5.32 Å². The molecule has 1 spiro atoms. The van der Waals surface area contributed by atoms with Gasteiger partial charge in [-0.05, 0) is 50.4 Å². The molecule has 0 radical (unpaired) electrons. The molecule has 3 rings (SSSR count). The van der Waals surface area contributed by atoms with E-state index in [2.05, 4.69) is 17.3 Å². The molecule has 1 amide bonds. The van der Waals surface area contributed by atoms with E-state index in [1.165, 1.54) is 12.0 Å². The Morgan fingerprint density at radius 3 is 2.58 bits per heavy atom. The molecule has 3 nitrogen and oxygen atoms in total. The summed E-state index contributed by atoms with van der Waals surface area (Å²) in [6.45, 7) is 0.925. The number of nitrogens with zero attached hydrogens (tertiary/aromatic N) is 1. The molecule has 0 aromatic heterocycles. The molecule has 1 heterocycles. The number of nitrogens with one attached hydrogen (secondary N) is 1. The highest BCUT2D eigenvalue weighted by molar-refractivity contribution is 6.30.